The van der Waals surface area contributed by atoms with Crippen LogP contribution in [0.25, 0.3) is 0 Å². The molecule has 2 nitrogen and oxygen atoms in total. The third-order valence-corrected chi connectivity index (χ3v) is 4.81. The minimum Gasteiger partial charge on any atom is -0.310 e. The largest absolute Gasteiger partial charge is 0.310 e. The van der Waals surface area contributed by atoms with Crippen molar-refractivity contribution in [3.05, 3.63) is 39.8 Å². The summed E-state index contributed by atoms with van der Waals surface area (Å²) in [6.07, 6.45) is 1.84. The Balaban J connectivity index is 2.17. The zero-order valence-electron chi connectivity index (χ0n) is 10.3. The summed E-state index contributed by atoms with van der Waals surface area (Å²) in [7, 11) is 0. The van der Waals surface area contributed by atoms with Crippen LogP contribution in [-0.4, -0.2) is 11.0 Å². The Labute approximate surface area is 124 Å². The first kappa shape index (κ1) is 14.1. The summed E-state index contributed by atoms with van der Waals surface area (Å²) >= 11 is 6.93. The summed E-state index contributed by atoms with van der Waals surface area (Å²) in [5.74, 6) is 0. The van der Waals surface area contributed by atoms with Crippen LogP contribution in [0.1, 0.15) is 19.4 Å². The number of aromatic nitrogens is 1. The molecular formula is C13H15BrN2S2. The van der Waals surface area contributed by atoms with Crippen molar-refractivity contribution in [2.24, 2.45) is 0 Å². The Morgan fingerprint density at radius 1 is 1.44 bits per heavy atom. The van der Waals surface area contributed by atoms with E-state index in [1.54, 1.807) is 23.1 Å². The maximum absolute atomic E-state index is 4.32. The number of nitrogens with one attached hydrogen (secondary N) is 1. The molecule has 2 aromatic rings. The average molecular weight is 343 g/mol. The molecule has 0 fully saturated rings. The van der Waals surface area contributed by atoms with Crippen molar-refractivity contribution in [2.75, 3.05) is 0 Å². The van der Waals surface area contributed by atoms with Gasteiger partial charge in [0.2, 0.25) is 0 Å². The van der Waals surface area contributed by atoms with E-state index in [4.69, 9.17) is 0 Å². The van der Waals surface area contributed by atoms with Gasteiger partial charge >= 0.3 is 0 Å². The van der Waals surface area contributed by atoms with E-state index in [0.29, 0.717) is 6.04 Å². The molecule has 5 heteroatoms. The molecule has 0 unspecified atom stereocenters. The predicted octanol–water partition coefficient (Wildman–Crippen LogP) is 4.55. The second-order valence-electron chi connectivity index (χ2n) is 4.19. The van der Waals surface area contributed by atoms with Gasteiger partial charge in [-0.25, -0.2) is 4.98 Å². The molecule has 1 aromatic heterocycles. The van der Waals surface area contributed by atoms with Crippen molar-refractivity contribution >= 4 is 39.0 Å². The van der Waals surface area contributed by atoms with E-state index in [1.165, 1.54) is 10.5 Å². The van der Waals surface area contributed by atoms with Crippen LogP contribution in [0.15, 0.2) is 43.5 Å². The van der Waals surface area contributed by atoms with Crippen molar-refractivity contribution in [2.45, 2.75) is 35.7 Å². The maximum Gasteiger partial charge on any atom is 0.154 e. The van der Waals surface area contributed by atoms with Gasteiger partial charge in [-0.2, -0.15) is 0 Å². The van der Waals surface area contributed by atoms with Gasteiger partial charge in [0.1, 0.15) is 0 Å². The molecule has 0 saturated carbocycles. The quantitative estimate of drug-likeness (QED) is 0.862. The Bertz CT molecular complexity index is 498. The second kappa shape index (κ2) is 6.70. The van der Waals surface area contributed by atoms with Crippen molar-refractivity contribution in [3.8, 4) is 0 Å². The van der Waals surface area contributed by atoms with Crippen molar-refractivity contribution < 1.29 is 0 Å². The van der Waals surface area contributed by atoms with Crippen LogP contribution in [0.4, 0.5) is 0 Å². The third-order valence-electron chi connectivity index (χ3n) is 2.34. The van der Waals surface area contributed by atoms with Crippen LogP contribution in [0.5, 0.6) is 0 Å². The molecule has 2 rings (SSSR count). The summed E-state index contributed by atoms with van der Waals surface area (Å²) in [6, 6.07) is 6.90. The highest BCUT2D eigenvalue weighted by Gasteiger charge is 2.07. The van der Waals surface area contributed by atoms with E-state index in [-0.39, 0.29) is 0 Å². The minimum absolute atomic E-state index is 0.492. The lowest BCUT2D eigenvalue weighted by atomic mass is 10.2. The third kappa shape index (κ3) is 4.09. The lowest BCUT2D eigenvalue weighted by Gasteiger charge is -2.12. The van der Waals surface area contributed by atoms with Crippen LogP contribution >= 0.6 is 39.0 Å². The van der Waals surface area contributed by atoms with Gasteiger partial charge in [-0.3, -0.25) is 0 Å². The van der Waals surface area contributed by atoms with Gasteiger partial charge in [0.05, 0.1) is 0 Å². The Kier molecular flexibility index (Phi) is 5.24. The molecule has 0 amide bonds. The van der Waals surface area contributed by atoms with E-state index in [1.807, 2.05) is 11.6 Å². The summed E-state index contributed by atoms with van der Waals surface area (Å²) in [5.41, 5.74) is 1.31. The number of nitrogens with zero attached hydrogens (tertiary/aromatic N) is 1. The Morgan fingerprint density at radius 3 is 2.94 bits per heavy atom. The fourth-order valence-electron chi connectivity index (χ4n) is 1.44. The first-order valence-electron chi connectivity index (χ1n) is 5.74. The molecular weight excluding hydrogens is 328 g/mol. The zero-order chi connectivity index (χ0) is 13.0. The van der Waals surface area contributed by atoms with E-state index in [9.17, 15) is 0 Å². The van der Waals surface area contributed by atoms with E-state index >= 15 is 0 Å². The fourth-order valence-corrected chi connectivity index (χ4v) is 3.70. The molecule has 0 aliphatic rings. The number of hydrogen-bond donors (Lipinski definition) is 1. The molecule has 0 spiro atoms. The highest BCUT2D eigenvalue weighted by atomic mass is 79.9. The first-order chi connectivity index (χ1) is 8.65. The SMILES string of the molecule is CC(C)NCc1ccc(Br)cc1Sc1nccs1. The van der Waals surface area contributed by atoms with Gasteiger partial charge in [0, 0.05) is 33.5 Å². The molecule has 0 aliphatic heterocycles. The fraction of sp³-hybridized carbons (Fsp3) is 0.308. The van der Waals surface area contributed by atoms with Gasteiger partial charge in [-0.1, -0.05) is 47.6 Å². The smallest absolute Gasteiger partial charge is 0.154 e. The molecule has 0 saturated heterocycles. The molecule has 18 heavy (non-hydrogen) atoms. The maximum atomic E-state index is 4.32. The predicted molar refractivity (Wildman–Crippen MR) is 82.4 cm³/mol. The van der Waals surface area contributed by atoms with Gasteiger partial charge < -0.3 is 5.32 Å². The molecule has 0 bridgehead atoms. The van der Waals surface area contributed by atoms with Gasteiger partial charge in [-0.05, 0) is 17.7 Å². The number of thiazole rings is 1. The van der Waals surface area contributed by atoms with E-state index in [2.05, 4.69) is 58.3 Å². The molecule has 0 radical (unpaired) electrons. The standard InChI is InChI=1S/C13H15BrN2S2/c1-9(2)16-8-10-3-4-11(14)7-12(10)18-13-15-5-6-17-13/h3-7,9,16H,8H2,1-2H3. The topological polar surface area (TPSA) is 24.9 Å². The zero-order valence-corrected chi connectivity index (χ0v) is 13.5. The van der Waals surface area contributed by atoms with E-state index < -0.39 is 0 Å². The van der Waals surface area contributed by atoms with Crippen LogP contribution in [0, 0.1) is 0 Å². The molecule has 1 heterocycles. The number of halogens is 1. The highest BCUT2D eigenvalue weighted by Crippen LogP contribution is 2.33. The molecule has 1 aromatic carbocycles. The minimum atomic E-state index is 0.492. The summed E-state index contributed by atoms with van der Waals surface area (Å²) < 4.78 is 2.19. The monoisotopic (exact) mass is 342 g/mol. The van der Waals surface area contributed by atoms with Crippen molar-refractivity contribution in [1.82, 2.24) is 10.3 Å². The highest BCUT2D eigenvalue weighted by molar-refractivity contribution is 9.10. The normalized spacial score (nSPS) is 11.1. The van der Waals surface area contributed by atoms with E-state index in [0.717, 1.165) is 15.4 Å². The second-order valence-corrected chi connectivity index (χ2v) is 7.29. The molecule has 96 valence electrons. The number of rotatable bonds is 5. The van der Waals surface area contributed by atoms with Crippen molar-refractivity contribution in [1.29, 1.82) is 0 Å². The summed E-state index contributed by atoms with van der Waals surface area (Å²) in [6.45, 7) is 5.21. The van der Waals surface area contributed by atoms with Gasteiger partial charge in [0.15, 0.2) is 4.34 Å². The molecule has 1 N–H and O–H groups in total. The van der Waals surface area contributed by atoms with Crippen LogP contribution in [-0.2, 0) is 6.54 Å². The Hall–Kier alpha value is -0.360. The van der Waals surface area contributed by atoms with Crippen LogP contribution in [0.2, 0.25) is 0 Å². The molecule has 0 atom stereocenters. The van der Waals surface area contributed by atoms with Gasteiger partial charge in [0.25, 0.3) is 0 Å². The van der Waals surface area contributed by atoms with Crippen LogP contribution < -0.4 is 5.32 Å². The Morgan fingerprint density at radius 2 is 2.28 bits per heavy atom. The summed E-state index contributed by atoms with van der Waals surface area (Å²) in [5, 5.41) is 5.46. The average Bonchev–Trinajstić information content (AvgIpc) is 2.80. The lowest BCUT2D eigenvalue weighted by Crippen LogP contribution is -2.22. The number of hydrogen-bond acceptors (Lipinski definition) is 4. The van der Waals surface area contributed by atoms with Crippen molar-refractivity contribution in [3.63, 3.8) is 0 Å². The first-order valence-corrected chi connectivity index (χ1v) is 8.23. The van der Waals surface area contributed by atoms with Crippen LogP contribution in [0.3, 0.4) is 0 Å². The lowest BCUT2D eigenvalue weighted by molar-refractivity contribution is 0.584. The number of benzene rings is 1. The molecule has 0 aliphatic carbocycles. The summed E-state index contributed by atoms with van der Waals surface area (Å²) in [4.78, 5) is 5.58. The van der Waals surface area contributed by atoms with Gasteiger partial charge in [-0.15, -0.1) is 11.3 Å².